The summed E-state index contributed by atoms with van der Waals surface area (Å²) in [6, 6.07) is 7.98. The van der Waals surface area contributed by atoms with Gasteiger partial charge in [-0.3, -0.25) is 0 Å². The first-order chi connectivity index (χ1) is 13.5. The molecule has 2 aromatic heterocycles. The molecule has 0 unspecified atom stereocenters. The summed E-state index contributed by atoms with van der Waals surface area (Å²) in [6.07, 6.45) is 4.90. The Bertz CT molecular complexity index is 1130. The molecule has 8 heteroatoms. The molecule has 4 N–H and O–H groups in total. The van der Waals surface area contributed by atoms with Gasteiger partial charge in [-0.1, -0.05) is 28.5 Å². The molecule has 28 heavy (non-hydrogen) atoms. The zero-order valence-corrected chi connectivity index (χ0v) is 16.3. The first kappa shape index (κ1) is 18.2. The number of aromatic nitrogens is 2. The fourth-order valence-corrected chi connectivity index (χ4v) is 4.41. The summed E-state index contributed by atoms with van der Waals surface area (Å²) in [7, 11) is 0. The molecule has 0 radical (unpaired) electrons. The maximum absolute atomic E-state index is 9.80. The number of nitrogens with two attached hydrogens (primary N) is 1. The summed E-state index contributed by atoms with van der Waals surface area (Å²) in [5.41, 5.74) is 10.4. The summed E-state index contributed by atoms with van der Waals surface area (Å²) in [6.45, 7) is 3.77. The quantitative estimate of drug-likeness (QED) is 0.193. The molecule has 0 amide bonds. The van der Waals surface area contributed by atoms with Gasteiger partial charge in [0.1, 0.15) is 5.76 Å². The molecule has 0 saturated carbocycles. The van der Waals surface area contributed by atoms with Crippen LogP contribution in [0.1, 0.15) is 24.3 Å². The van der Waals surface area contributed by atoms with Gasteiger partial charge in [-0.15, -0.1) is 0 Å². The fourth-order valence-electron chi connectivity index (χ4n) is 3.58. The molecule has 0 atom stereocenters. The van der Waals surface area contributed by atoms with Crippen LogP contribution in [0.25, 0.3) is 27.9 Å². The molecular formula is C20H20N4O3S. The van der Waals surface area contributed by atoms with Crippen molar-refractivity contribution in [2.75, 3.05) is 0 Å². The minimum absolute atomic E-state index is 0.0473. The lowest BCUT2D eigenvalue weighted by molar-refractivity contribution is 0.320. The number of aliphatic hydroxyl groups is 1. The van der Waals surface area contributed by atoms with Crippen molar-refractivity contribution in [2.45, 2.75) is 31.6 Å². The highest BCUT2D eigenvalue weighted by Crippen LogP contribution is 2.45. The van der Waals surface area contributed by atoms with E-state index in [0.717, 1.165) is 38.4 Å². The zero-order chi connectivity index (χ0) is 19.8. The van der Waals surface area contributed by atoms with Crippen LogP contribution in [0.5, 0.6) is 0 Å². The number of rotatable bonds is 3. The Morgan fingerprint density at radius 2 is 2.04 bits per heavy atom. The maximum Gasteiger partial charge on any atom is 0.202 e. The molecule has 3 aromatic rings. The number of aliphatic hydroxyl groups excluding tert-OH is 1. The molecule has 0 aliphatic heterocycles. The maximum atomic E-state index is 9.80. The highest BCUT2D eigenvalue weighted by atomic mass is 32.2. The Hall–Kier alpha value is -3.13. The molecule has 144 valence electrons. The largest absolute Gasteiger partial charge is 0.512 e. The second-order valence-corrected chi connectivity index (χ2v) is 7.62. The van der Waals surface area contributed by atoms with Crippen LogP contribution in [-0.4, -0.2) is 25.2 Å². The molecule has 0 bridgehead atoms. The number of aryl methyl sites for hydroxylation is 2. The number of amidine groups is 1. The van der Waals surface area contributed by atoms with E-state index in [2.05, 4.69) is 14.9 Å². The van der Waals surface area contributed by atoms with Gasteiger partial charge in [0.05, 0.1) is 28.2 Å². The van der Waals surface area contributed by atoms with Gasteiger partial charge in [-0.2, -0.15) is 0 Å². The SMILES string of the molecule is Cc1noc(C)c1-c1c(S/C(N)=N/O)c2ccccc2n1C1=CC=C(O)CC1. The van der Waals surface area contributed by atoms with E-state index in [1.54, 1.807) is 6.08 Å². The van der Waals surface area contributed by atoms with Crippen LogP contribution in [0.4, 0.5) is 0 Å². The molecule has 0 fully saturated rings. The van der Waals surface area contributed by atoms with Crippen molar-refractivity contribution in [1.82, 2.24) is 9.72 Å². The monoisotopic (exact) mass is 396 g/mol. The van der Waals surface area contributed by atoms with Gasteiger partial charge >= 0.3 is 0 Å². The van der Waals surface area contributed by atoms with Crippen molar-refractivity contribution >= 4 is 33.5 Å². The lowest BCUT2D eigenvalue weighted by atomic mass is 10.1. The fraction of sp³-hybridized carbons (Fsp3) is 0.200. The van der Waals surface area contributed by atoms with Crippen LogP contribution in [-0.2, 0) is 0 Å². The van der Waals surface area contributed by atoms with Crippen LogP contribution in [0.3, 0.4) is 0 Å². The first-order valence-electron chi connectivity index (χ1n) is 8.82. The Kier molecular flexibility index (Phi) is 4.64. The molecule has 4 rings (SSSR count). The summed E-state index contributed by atoms with van der Waals surface area (Å²) in [4.78, 5) is 0.861. The molecule has 1 aliphatic carbocycles. The van der Waals surface area contributed by atoms with Crippen molar-refractivity contribution in [3.8, 4) is 11.3 Å². The van der Waals surface area contributed by atoms with Crippen LogP contribution < -0.4 is 5.73 Å². The van der Waals surface area contributed by atoms with E-state index in [0.29, 0.717) is 24.4 Å². The van der Waals surface area contributed by atoms with E-state index < -0.39 is 0 Å². The van der Waals surface area contributed by atoms with Crippen molar-refractivity contribution in [1.29, 1.82) is 0 Å². The number of oxime groups is 1. The predicted molar refractivity (Wildman–Crippen MR) is 110 cm³/mol. The number of para-hydroxylation sites is 1. The lowest BCUT2D eigenvalue weighted by Crippen LogP contribution is -2.07. The van der Waals surface area contributed by atoms with E-state index in [1.165, 1.54) is 11.8 Å². The normalized spacial score (nSPS) is 15.0. The standard InChI is InChI=1S/C20H20N4O3S/c1-11-17(12(2)27-23-11)18-19(28-20(21)22-26)15-5-3-4-6-16(15)24(18)13-7-9-14(25)10-8-13/h3-7,9,25-26H,8,10H2,1-2H3,(H2,21,22). The molecular weight excluding hydrogens is 376 g/mol. The Morgan fingerprint density at radius 3 is 2.68 bits per heavy atom. The number of hydrogen-bond acceptors (Lipinski definition) is 6. The van der Waals surface area contributed by atoms with Crippen LogP contribution in [0.15, 0.2) is 56.8 Å². The second kappa shape index (κ2) is 7.12. The highest BCUT2D eigenvalue weighted by molar-refractivity contribution is 8.14. The molecule has 0 saturated heterocycles. The minimum atomic E-state index is 0.0473. The van der Waals surface area contributed by atoms with Crippen molar-refractivity contribution in [2.24, 2.45) is 10.9 Å². The number of allylic oxidation sites excluding steroid dienone is 4. The van der Waals surface area contributed by atoms with Gasteiger partial charge in [0.2, 0.25) is 5.17 Å². The average Bonchev–Trinajstić information content (AvgIpc) is 3.19. The predicted octanol–water partition coefficient (Wildman–Crippen LogP) is 4.79. The van der Waals surface area contributed by atoms with Crippen molar-refractivity contribution in [3.05, 3.63) is 53.6 Å². The Labute approximate surface area is 165 Å². The smallest absolute Gasteiger partial charge is 0.202 e. The van der Waals surface area contributed by atoms with Crippen LogP contribution in [0, 0.1) is 13.8 Å². The Morgan fingerprint density at radius 1 is 1.25 bits per heavy atom. The molecule has 0 spiro atoms. The van der Waals surface area contributed by atoms with Gasteiger partial charge in [-0.05, 0) is 50.2 Å². The average molecular weight is 396 g/mol. The zero-order valence-electron chi connectivity index (χ0n) is 15.5. The van der Waals surface area contributed by atoms with Crippen molar-refractivity contribution < 1.29 is 14.8 Å². The third kappa shape index (κ3) is 2.95. The van der Waals surface area contributed by atoms with Gasteiger partial charge < -0.3 is 25.1 Å². The van der Waals surface area contributed by atoms with Gasteiger partial charge in [0, 0.05) is 22.4 Å². The number of benzene rings is 1. The van der Waals surface area contributed by atoms with E-state index >= 15 is 0 Å². The lowest BCUT2D eigenvalue weighted by Gasteiger charge is -2.18. The van der Waals surface area contributed by atoms with Gasteiger partial charge in [0.25, 0.3) is 0 Å². The summed E-state index contributed by atoms with van der Waals surface area (Å²) < 4.78 is 7.59. The van der Waals surface area contributed by atoms with E-state index in [9.17, 15) is 5.11 Å². The number of thioether (sulfide) groups is 1. The number of nitrogens with zero attached hydrogens (tertiary/aromatic N) is 3. The third-order valence-corrected chi connectivity index (χ3v) is 5.70. The third-order valence-electron chi connectivity index (χ3n) is 4.80. The molecule has 1 aliphatic rings. The highest BCUT2D eigenvalue weighted by Gasteiger charge is 2.27. The van der Waals surface area contributed by atoms with Crippen LogP contribution >= 0.6 is 11.8 Å². The summed E-state index contributed by atoms with van der Waals surface area (Å²) in [5, 5.41) is 27.2. The topological polar surface area (TPSA) is 110 Å². The number of fused-ring (bicyclic) bond motifs is 1. The van der Waals surface area contributed by atoms with E-state index in [-0.39, 0.29) is 5.17 Å². The summed E-state index contributed by atoms with van der Waals surface area (Å²) >= 11 is 1.20. The van der Waals surface area contributed by atoms with Crippen molar-refractivity contribution in [3.63, 3.8) is 0 Å². The molecule has 2 heterocycles. The van der Waals surface area contributed by atoms with E-state index in [4.69, 9.17) is 15.5 Å². The van der Waals surface area contributed by atoms with Gasteiger partial charge in [-0.25, -0.2) is 0 Å². The van der Waals surface area contributed by atoms with Gasteiger partial charge in [0.15, 0.2) is 0 Å². The Balaban J connectivity index is 2.11. The van der Waals surface area contributed by atoms with Crippen LogP contribution in [0.2, 0.25) is 0 Å². The van der Waals surface area contributed by atoms with E-state index in [1.807, 2.05) is 44.2 Å². The minimum Gasteiger partial charge on any atom is -0.512 e. The second-order valence-electron chi connectivity index (χ2n) is 6.59. The molecule has 7 nitrogen and oxygen atoms in total. The summed E-state index contributed by atoms with van der Waals surface area (Å²) in [5.74, 6) is 1.06. The number of hydrogen-bond donors (Lipinski definition) is 3. The first-order valence-corrected chi connectivity index (χ1v) is 9.64. The molecule has 1 aromatic carbocycles.